The molecule has 0 fully saturated rings. The molecule has 0 saturated carbocycles. The predicted octanol–water partition coefficient (Wildman–Crippen LogP) is 9.65. The first-order valence-corrected chi connectivity index (χ1v) is 13.3. The smallest absolute Gasteiger partial charge is 0.306 e. The van der Waals surface area contributed by atoms with Gasteiger partial charge in [-0.15, -0.1) is 0 Å². The highest BCUT2D eigenvalue weighted by molar-refractivity contribution is 5.69. The van der Waals surface area contributed by atoms with Crippen molar-refractivity contribution in [1.82, 2.24) is 0 Å². The molecule has 180 valence electrons. The van der Waals surface area contributed by atoms with Crippen molar-refractivity contribution in [1.29, 1.82) is 0 Å². The van der Waals surface area contributed by atoms with E-state index in [-0.39, 0.29) is 12.1 Å². The first-order chi connectivity index (χ1) is 15.2. The minimum Gasteiger partial charge on any atom is -0.463 e. The highest BCUT2D eigenvalue weighted by Gasteiger charge is 2.03. The van der Waals surface area contributed by atoms with Crippen molar-refractivity contribution in [3.8, 4) is 0 Å². The van der Waals surface area contributed by atoms with Gasteiger partial charge in [0.25, 0.3) is 0 Å². The van der Waals surface area contributed by atoms with E-state index in [4.69, 9.17) is 4.74 Å². The summed E-state index contributed by atoms with van der Waals surface area (Å²) >= 11 is 0. The topological polar surface area (TPSA) is 26.3 Å². The maximum absolute atomic E-state index is 11.4. The zero-order valence-corrected chi connectivity index (χ0v) is 21.1. The van der Waals surface area contributed by atoms with Crippen LogP contribution >= 0.6 is 0 Å². The molecule has 0 aromatic rings. The molecule has 0 unspecified atom stereocenters. The molecule has 0 amide bonds. The van der Waals surface area contributed by atoms with Crippen molar-refractivity contribution in [2.75, 3.05) is 0 Å². The molecule has 0 bridgehead atoms. The number of carbonyl (C=O) groups is 1. The van der Waals surface area contributed by atoms with Gasteiger partial charge in [-0.05, 0) is 78.1 Å². The summed E-state index contributed by atoms with van der Waals surface area (Å²) in [5.74, 6) is -0.0775. The maximum Gasteiger partial charge on any atom is 0.306 e. The predicted molar refractivity (Wildman–Crippen MR) is 137 cm³/mol. The van der Waals surface area contributed by atoms with E-state index in [0.29, 0.717) is 6.42 Å². The normalized spacial score (nSPS) is 12.1. The fourth-order valence-electron chi connectivity index (χ4n) is 3.51. The fraction of sp³-hybridized carbons (Fsp3) is 0.759. The Morgan fingerprint density at radius 3 is 1.42 bits per heavy atom. The zero-order valence-electron chi connectivity index (χ0n) is 21.1. The molecule has 0 aromatic heterocycles. The molecule has 2 nitrogen and oxygen atoms in total. The highest BCUT2D eigenvalue weighted by Crippen LogP contribution is 2.10. The molecule has 0 N–H and O–H groups in total. The number of ether oxygens (including phenoxy) is 1. The van der Waals surface area contributed by atoms with Crippen LogP contribution in [0.2, 0.25) is 0 Å². The summed E-state index contributed by atoms with van der Waals surface area (Å²) in [6.07, 6.45) is 36.0. The van der Waals surface area contributed by atoms with E-state index in [1.807, 2.05) is 13.8 Å². The summed E-state index contributed by atoms with van der Waals surface area (Å²) in [6.45, 7) is 6.06. The molecule has 0 saturated heterocycles. The number of hydrogen-bond acceptors (Lipinski definition) is 2. The first-order valence-electron chi connectivity index (χ1n) is 13.3. The van der Waals surface area contributed by atoms with E-state index >= 15 is 0 Å². The summed E-state index contributed by atoms with van der Waals surface area (Å²) in [5.41, 5.74) is 0. The molecule has 0 atom stereocenters. The van der Waals surface area contributed by atoms with Crippen molar-refractivity contribution in [3.05, 3.63) is 36.5 Å². The minimum absolute atomic E-state index is 0.00322. The van der Waals surface area contributed by atoms with Crippen molar-refractivity contribution in [2.45, 2.75) is 142 Å². The second-order valence-electron chi connectivity index (χ2n) is 8.97. The highest BCUT2D eigenvalue weighted by atomic mass is 16.5. The van der Waals surface area contributed by atoms with Gasteiger partial charge in [0.05, 0.1) is 6.10 Å². The number of carbonyl (C=O) groups excluding carboxylic acids is 1. The van der Waals surface area contributed by atoms with E-state index < -0.39 is 0 Å². The van der Waals surface area contributed by atoms with Crippen molar-refractivity contribution < 1.29 is 9.53 Å². The standard InChI is InChI=1S/C29H52O2/c1-4-5-6-7-8-9-10-11-12-13-14-15-16-17-18-19-20-21-22-23-24-25-26-27-29(30)31-28(2)3/h11-12,19-20,23-24,28H,4-10,13-18,21-22,25-27H2,1-3H3/b12-11-,20-19-,24-23-. The lowest BCUT2D eigenvalue weighted by Crippen LogP contribution is -2.10. The molecule has 31 heavy (non-hydrogen) atoms. The SMILES string of the molecule is CCCCCCCC/C=C\CCCCCC/C=C\CC/C=C\CCCC(=O)OC(C)C. The lowest BCUT2D eigenvalue weighted by molar-refractivity contribution is -0.147. The molecule has 0 radical (unpaired) electrons. The lowest BCUT2D eigenvalue weighted by atomic mass is 10.1. The Bertz CT molecular complexity index is 459. The summed E-state index contributed by atoms with van der Waals surface area (Å²) in [7, 11) is 0. The maximum atomic E-state index is 11.4. The number of allylic oxidation sites excluding steroid dienone is 6. The molecular formula is C29H52O2. The second kappa shape index (κ2) is 25.0. The molecule has 0 aliphatic rings. The lowest BCUT2D eigenvalue weighted by Gasteiger charge is -2.06. The van der Waals surface area contributed by atoms with Crippen LogP contribution in [0.25, 0.3) is 0 Å². The summed E-state index contributed by atoms with van der Waals surface area (Å²) < 4.78 is 5.12. The van der Waals surface area contributed by atoms with Crippen LogP contribution in [-0.2, 0) is 9.53 Å². The van der Waals surface area contributed by atoms with E-state index in [1.54, 1.807) is 0 Å². The summed E-state index contributed by atoms with van der Waals surface area (Å²) in [4.78, 5) is 11.4. The molecule has 0 heterocycles. The largest absolute Gasteiger partial charge is 0.463 e. The zero-order chi connectivity index (χ0) is 22.8. The van der Waals surface area contributed by atoms with Gasteiger partial charge in [0, 0.05) is 6.42 Å². The van der Waals surface area contributed by atoms with Crippen LogP contribution in [0.4, 0.5) is 0 Å². The summed E-state index contributed by atoms with van der Waals surface area (Å²) in [6, 6.07) is 0. The molecule has 0 aliphatic heterocycles. The third-order valence-electron chi connectivity index (χ3n) is 5.33. The number of unbranched alkanes of at least 4 members (excludes halogenated alkanes) is 13. The van der Waals surface area contributed by atoms with Gasteiger partial charge in [0.15, 0.2) is 0 Å². The van der Waals surface area contributed by atoms with Crippen LogP contribution in [0.5, 0.6) is 0 Å². The van der Waals surface area contributed by atoms with E-state index in [0.717, 1.165) is 25.7 Å². The average Bonchev–Trinajstić information content (AvgIpc) is 2.73. The van der Waals surface area contributed by atoms with Crippen LogP contribution in [0, 0.1) is 0 Å². The van der Waals surface area contributed by atoms with Gasteiger partial charge in [-0.3, -0.25) is 4.79 Å². The second-order valence-corrected chi connectivity index (χ2v) is 8.97. The molecule has 2 heteroatoms. The van der Waals surface area contributed by atoms with E-state index in [9.17, 15) is 4.79 Å². The van der Waals surface area contributed by atoms with Crippen LogP contribution in [-0.4, -0.2) is 12.1 Å². The molecule has 0 aliphatic carbocycles. The molecular weight excluding hydrogens is 380 g/mol. The van der Waals surface area contributed by atoms with Gasteiger partial charge in [-0.25, -0.2) is 0 Å². The quantitative estimate of drug-likeness (QED) is 0.0966. The van der Waals surface area contributed by atoms with Gasteiger partial charge < -0.3 is 4.74 Å². The van der Waals surface area contributed by atoms with Crippen LogP contribution < -0.4 is 0 Å². The number of hydrogen-bond donors (Lipinski definition) is 0. The van der Waals surface area contributed by atoms with E-state index in [2.05, 4.69) is 43.4 Å². The van der Waals surface area contributed by atoms with Gasteiger partial charge in [-0.1, -0.05) is 88.3 Å². The van der Waals surface area contributed by atoms with Gasteiger partial charge >= 0.3 is 5.97 Å². The first kappa shape index (κ1) is 29.7. The molecule has 0 aromatic carbocycles. The van der Waals surface area contributed by atoms with Crippen molar-refractivity contribution >= 4 is 5.97 Å². The van der Waals surface area contributed by atoms with Crippen LogP contribution in [0.15, 0.2) is 36.5 Å². The van der Waals surface area contributed by atoms with Crippen LogP contribution in [0.3, 0.4) is 0 Å². The third-order valence-corrected chi connectivity index (χ3v) is 5.33. The Hall–Kier alpha value is -1.31. The van der Waals surface area contributed by atoms with Gasteiger partial charge in [0.1, 0.15) is 0 Å². The Kier molecular flexibility index (Phi) is 23.9. The average molecular weight is 433 g/mol. The molecule has 0 rings (SSSR count). The van der Waals surface area contributed by atoms with Crippen LogP contribution in [0.1, 0.15) is 136 Å². The van der Waals surface area contributed by atoms with E-state index in [1.165, 1.54) is 83.5 Å². The van der Waals surface area contributed by atoms with Crippen molar-refractivity contribution in [3.63, 3.8) is 0 Å². The van der Waals surface area contributed by atoms with Gasteiger partial charge in [0.2, 0.25) is 0 Å². The summed E-state index contributed by atoms with van der Waals surface area (Å²) in [5, 5.41) is 0. The Balaban J connectivity index is 3.29. The Morgan fingerprint density at radius 1 is 0.581 bits per heavy atom. The Labute approximate surface area is 194 Å². The number of rotatable bonds is 22. The minimum atomic E-state index is -0.0775. The van der Waals surface area contributed by atoms with Gasteiger partial charge in [-0.2, -0.15) is 0 Å². The monoisotopic (exact) mass is 432 g/mol. The fourth-order valence-corrected chi connectivity index (χ4v) is 3.51. The van der Waals surface area contributed by atoms with Crippen molar-refractivity contribution in [2.24, 2.45) is 0 Å². The molecule has 0 spiro atoms. The number of esters is 1. The Morgan fingerprint density at radius 2 is 0.968 bits per heavy atom. The third kappa shape index (κ3) is 26.7.